The Balaban J connectivity index is 1.35. The molecule has 0 bridgehead atoms. The van der Waals surface area contributed by atoms with Crippen LogP contribution in [0.5, 0.6) is 0 Å². The second kappa shape index (κ2) is 10.8. The van der Waals surface area contributed by atoms with E-state index in [2.05, 4.69) is 10.6 Å². The van der Waals surface area contributed by atoms with Gasteiger partial charge in [0.1, 0.15) is 17.9 Å². The maximum atomic E-state index is 14.1. The first-order valence-corrected chi connectivity index (χ1v) is 12.2. The zero-order chi connectivity index (χ0) is 26.6. The van der Waals surface area contributed by atoms with E-state index in [0.29, 0.717) is 47.9 Å². The third kappa shape index (κ3) is 5.37. The van der Waals surface area contributed by atoms with Crippen LogP contribution in [0.3, 0.4) is 0 Å². The summed E-state index contributed by atoms with van der Waals surface area (Å²) < 4.78 is 27.3. The summed E-state index contributed by atoms with van der Waals surface area (Å²) in [5.41, 5.74) is 4.47. The number of hydrogen-bond acceptors (Lipinski definition) is 4. The van der Waals surface area contributed by atoms with Crippen molar-refractivity contribution in [2.45, 2.75) is 25.3 Å². The molecule has 1 atom stereocenters. The van der Waals surface area contributed by atoms with E-state index in [1.807, 2.05) is 30.3 Å². The van der Waals surface area contributed by atoms with Crippen LogP contribution in [0.15, 0.2) is 84.9 Å². The van der Waals surface area contributed by atoms with Crippen molar-refractivity contribution < 1.29 is 23.2 Å². The van der Waals surface area contributed by atoms with E-state index in [4.69, 9.17) is 0 Å². The fourth-order valence-electron chi connectivity index (χ4n) is 4.66. The Hall–Kier alpha value is -4.65. The van der Waals surface area contributed by atoms with Gasteiger partial charge in [0.25, 0.3) is 5.91 Å². The van der Waals surface area contributed by atoms with E-state index in [-0.39, 0.29) is 11.5 Å². The number of amides is 1. The molecule has 0 fully saturated rings. The van der Waals surface area contributed by atoms with Crippen LogP contribution in [0.4, 0.5) is 20.2 Å². The summed E-state index contributed by atoms with van der Waals surface area (Å²) in [6.07, 6.45) is 2.23. The first-order chi connectivity index (χ1) is 18.4. The monoisotopic (exact) mass is 510 g/mol. The van der Waals surface area contributed by atoms with E-state index in [1.165, 1.54) is 12.1 Å². The second-order valence-electron chi connectivity index (χ2n) is 9.23. The lowest BCUT2D eigenvalue weighted by Crippen LogP contribution is -2.37. The maximum absolute atomic E-state index is 14.1. The maximum Gasteiger partial charge on any atom is 0.251 e. The molecule has 0 heterocycles. The predicted molar refractivity (Wildman–Crippen MR) is 141 cm³/mol. The van der Waals surface area contributed by atoms with Crippen molar-refractivity contribution in [3.8, 4) is 0 Å². The standard InChI is InChI=1S/C31H24F2N2O3/c32-23-10-13-29(28(33)17-23)34-24-11-12-26-21(15-24)8-6-20-7-9-22(16-27(20)30(26)37)31(38)35-25(18-36)14-19-4-2-1-3-5-19/h1-5,7,9-13,15-18,25,34H,6,8,14H2,(H,35,38). The summed E-state index contributed by atoms with van der Waals surface area (Å²) >= 11 is 0. The molecule has 1 aliphatic carbocycles. The fourth-order valence-corrected chi connectivity index (χ4v) is 4.66. The number of halogens is 2. The molecule has 0 aromatic heterocycles. The Morgan fingerprint density at radius 3 is 2.42 bits per heavy atom. The summed E-state index contributed by atoms with van der Waals surface area (Å²) in [6.45, 7) is 0. The Morgan fingerprint density at radius 1 is 0.868 bits per heavy atom. The van der Waals surface area contributed by atoms with Crippen LogP contribution in [0, 0.1) is 11.6 Å². The van der Waals surface area contributed by atoms with Crippen LogP contribution in [0.2, 0.25) is 0 Å². The minimum absolute atomic E-state index is 0.131. The van der Waals surface area contributed by atoms with Gasteiger partial charge in [-0.2, -0.15) is 0 Å². The molecule has 0 saturated heterocycles. The summed E-state index contributed by atoms with van der Waals surface area (Å²) in [6, 6.07) is 22.1. The minimum atomic E-state index is -0.713. The summed E-state index contributed by atoms with van der Waals surface area (Å²) in [7, 11) is 0. The molecule has 2 N–H and O–H groups in total. The van der Waals surface area contributed by atoms with E-state index < -0.39 is 23.6 Å². The first-order valence-electron chi connectivity index (χ1n) is 12.2. The summed E-state index contributed by atoms with van der Waals surface area (Å²) in [5.74, 6) is -2.02. The highest BCUT2D eigenvalue weighted by atomic mass is 19.1. The van der Waals surface area contributed by atoms with Gasteiger partial charge in [0.05, 0.1) is 11.7 Å². The van der Waals surface area contributed by atoms with Crippen LogP contribution in [-0.2, 0) is 24.1 Å². The number of hydrogen-bond donors (Lipinski definition) is 2. The fraction of sp³-hybridized carbons (Fsp3) is 0.129. The molecule has 0 saturated carbocycles. The number of ketones is 1. The highest BCUT2D eigenvalue weighted by Crippen LogP contribution is 2.29. The quantitative estimate of drug-likeness (QED) is 0.319. The molecular formula is C31H24F2N2O3. The van der Waals surface area contributed by atoms with Gasteiger partial charge in [0, 0.05) is 28.4 Å². The number of carbonyl (C=O) groups excluding carboxylic acids is 3. The van der Waals surface area contributed by atoms with Crippen molar-refractivity contribution in [1.29, 1.82) is 0 Å². The van der Waals surface area contributed by atoms with Crippen molar-refractivity contribution in [1.82, 2.24) is 5.32 Å². The molecule has 0 aliphatic heterocycles. The van der Waals surface area contributed by atoms with Crippen LogP contribution >= 0.6 is 0 Å². The first kappa shape index (κ1) is 25.0. The van der Waals surface area contributed by atoms with Gasteiger partial charge in [-0.3, -0.25) is 9.59 Å². The Morgan fingerprint density at radius 2 is 1.66 bits per heavy atom. The van der Waals surface area contributed by atoms with Crippen LogP contribution in [-0.4, -0.2) is 24.0 Å². The summed E-state index contributed by atoms with van der Waals surface area (Å²) in [5, 5.41) is 5.68. The zero-order valence-corrected chi connectivity index (χ0v) is 20.3. The van der Waals surface area contributed by atoms with Crippen molar-refractivity contribution in [3.05, 3.63) is 130 Å². The van der Waals surface area contributed by atoms with Gasteiger partial charge >= 0.3 is 0 Å². The second-order valence-corrected chi connectivity index (χ2v) is 9.23. The number of aryl methyl sites for hydroxylation is 2. The van der Waals surface area contributed by atoms with Gasteiger partial charge < -0.3 is 15.4 Å². The molecule has 1 aliphatic rings. The van der Waals surface area contributed by atoms with E-state index >= 15 is 0 Å². The molecule has 190 valence electrons. The number of fused-ring (bicyclic) bond motifs is 2. The third-order valence-corrected chi connectivity index (χ3v) is 6.62. The zero-order valence-electron chi connectivity index (χ0n) is 20.3. The number of nitrogens with one attached hydrogen (secondary N) is 2. The molecule has 1 amide bonds. The number of rotatable bonds is 7. The lowest BCUT2D eigenvalue weighted by atomic mass is 9.96. The molecule has 38 heavy (non-hydrogen) atoms. The van der Waals surface area contributed by atoms with Crippen LogP contribution < -0.4 is 10.6 Å². The molecule has 4 aromatic rings. The van der Waals surface area contributed by atoms with Gasteiger partial charge in [-0.1, -0.05) is 36.4 Å². The summed E-state index contributed by atoms with van der Waals surface area (Å²) in [4.78, 5) is 38.0. The molecule has 1 unspecified atom stereocenters. The van der Waals surface area contributed by atoms with E-state index in [0.717, 1.165) is 22.8 Å². The van der Waals surface area contributed by atoms with Crippen LogP contribution in [0.25, 0.3) is 0 Å². The Kier molecular flexibility index (Phi) is 7.09. The molecule has 0 spiro atoms. The molecule has 0 radical (unpaired) electrons. The minimum Gasteiger partial charge on any atom is -0.353 e. The molecule has 4 aromatic carbocycles. The van der Waals surface area contributed by atoms with E-state index in [1.54, 1.807) is 36.4 Å². The van der Waals surface area contributed by atoms with Gasteiger partial charge in [-0.05, 0) is 78.4 Å². The van der Waals surface area contributed by atoms with Crippen molar-refractivity contribution >= 4 is 29.4 Å². The lowest BCUT2D eigenvalue weighted by molar-refractivity contribution is -0.109. The molecule has 5 nitrogen and oxygen atoms in total. The topological polar surface area (TPSA) is 75.3 Å². The third-order valence-electron chi connectivity index (χ3n) is 6.62. The Labute approximate surface area is 218 Å². The number of benzene rings is 4. The number of anilines is 2. The smallest absolute Gasteiger partial charge is 0.251 e. The largest absolute Gasteiger partial charge is 0.353 e. The average Bonchev–Trinajstić information content (AvgIpc) is 3.06. The SMILES string of the molecule is O=CC(Cc1ccccc1)NC(=O)c1ccc2c(c1)C(=O)c1ccc(Nc3ccc(F)cc3F)cc1CC2. The number of aldehydes is 1. The average molecular weight is 511 g/mol. The van der Waals surface area contributed by atoms with Crippen molar-refractivity contribution in [3.63, 3.8) is 0 Å². The number of carbonyl (C=O) groups is 3. The molecular weight excluding hydrogens is 486 g/mol. The highest BCUT2D eigenvalue weighted by molar-refractivity contribution is 6.12. The van der Waals surface area contributed by atoms with Crippen LogP contribution in [0.1, 0.15) is 43.0 Å². The molecule has 7 heteroatoms. The normalized spacial score (nSPS) is 13.1. The van der Waals surface area contributed by atoms with Crippen molar-refractivity contribution in [2.24, 2.45) is 0 Å². The van der Waals surface area contributed by atoms with Gasteiger partial charge in [-0.25, -0.2) is 8.78 Å². The van der Waals surface area contributed by atoms with E-state index in [9.17, 15) is 23.2 Å². The lowest BCUT2D eigenvalue weighted by Gasteiger charge is -2.14. The molecule has 5 rings (SSSR count). The van der Waals surface area contributed by atoms with Gasteiger partial charge in [0.2, 0.25) is 0 Å². The van der Waals surface area contributed by atoms with Gasteiger partial charge in [0.15, 0.2) is 5.78 Å². The Bertz CT molecular complexity index is 1540. The predicted octanol–water partition coefficient (Wildman–Crippen LogP) is 5.58. The van der Waals surface area contributed by atoms with Gasteiger partial charge in [-0.15, -0.1) is 0 Å². The highest BCUT2D eigenvalue weighted by Gasteiger charge is 2.24. The van der Waals surface area contributed by atoms with Crippen molar-refractivity contribution in [2.75, 3.05) is 5.32 Å².